The van der Waals surface area contributed by atoms with Crippen molar-refractivity contribution < 1.29 is 5.11 Å². The smallest absolute Gasteiger partial charge is 0.0587 e. The Labute approximate surface area is 111 Å². The molecule has 0 fully saturated rings. The Morgan fingerprint density at radius 2 is 1.83 bits per heavy atom. The van der Waals surface area contributed by atoms with E-state index in [1.165, 1.54) is 24.8 Å². The predicted molar refractivity (Wildman–Crippen MR) is 77.8 cm³/mol. The van der Waals surface area contributed by atoms with Crippen molar-refractivity contribution in [3.8, 4) is 0 Å². The Kier molecular flexibility index (Phi) is 7.70. The maximum absolute atomic E-state index is 9.49. The first kappa shape index (κ1) is 15.2. The van der Waals surface area contributed by atoms with Crippen molar-refractivity contribution in [2.45, 2.75) is 58.0 Å². The molecule has 0 bridgehead atoms. The summed E-state index contributed by atoms with van der Waals surface area (Å²) in [6.45, 7) is 4.64. The number of benzene rings is 1. The Balaban J connectivity index is 2.45. The quantitative estimate of drug-likeness (QED) is 0.704. The van der Waals surface area contributed by atoms with E-state index >= 15 is 0 Å². The fraction of sp³-hybridized carbons (Fsp3) is 0.625. The van der Waals surface area contributed by atoms with Gasteiger partial charge in [-0.2, -0.15) is 0 Å². The lowest BCUT2D eigenvalue weighted by Gasteiger charge is -2.23. The van der Waals surface area contributed by atoms with Gasteiger partial charge in [-0.1, -0.05) is 57.0 Å². The highest BCUT2D eigenvalue weighted by molar-refractivity contribution is 5.15. The lowest BCUT2D eigenvalue weighted by Crippen LogP contribution is -2.41. The number of hydrogen-bond donors (Lipinski definition) is 2. The van der Waals surface area contributed by atoms with E-state index in [-0.39, 0.29) is 12.6 Å². The normalized spacial score (nSPS) is 14.4. The third-order valence-electron chi connectivity index (χ3n) is 3.42. The average molecular weight is 249 g/mol. The molecule has 0 amide bonds. The van der Waals surface area contributed by atoms with Gasteiger partial charge < -0.3 is 10.4 Å². The summed E-state index contributed by atoms with van der Waals surface area (Å²) in [7, 11) is 0. The SMILES string of the molecule is CCCCC(CC)N[C@H](CO)Cc1ccccc1. The first-order valence-corrected chi connectivity index (χ1v) is 7.21. The minimum atomic E-state index is 0.175. The second-order valence-electron chi connectivity index (χ2n) is 4.98. The summed E-state index contributed by atoms with van der Waals surface area (Å²) in [5.74, 6) is 0. The Bertz CT molecular complexity index is 299. The van der Waals surface area contributed by atoms with Gasteiger partial charge in [-0.3, -0.25) is 0 Å². The van der Waals surface area contributed by atoms with Crippen LogP contribution in [0, 0.1) is 0 Å². The molecule has 1 rings (SSSR count). The van der Waals surface area contributed by atoms with E-state index in [2.05, 4.69) is 43.4 Å². The molecule has 102 valence electrons. The number of aliphatic hydroxyl groups is 1. The fourth-order valence-corrected chi connectivity index (χ4v) is 2.26. The van der Waals surface area contributed by atoms with Gasteiger partial charge in [0, 0.05) is 12.1 Å². The molecule has 0 heterocycles. The molecule has 0 saturated carbocycles. The minimum Gasteiger partial charge on any atom is -0.395 e. The molecule has 2 atom stereocenters. The van der Waals surface area contributed by atoms with Gasteiger partial charge in [-0.15, -0.1) is 0 Å². The highest BCUT2D eigenvalue weighted by atomic mass is 16.3. The molecule has 1 unspecified atom stereocenters. The van der Waals surface area contributed by atoms with Crippen LogP contribution in [-0.2, 0) is 6.42 Å². The number of hydrogen-bond acceptors (Lipinski definition) is 2. The van der Waals surface area contributed by atoms with E-state index in [1.807, 2.05) is 6.07 Å². The van der Waals surface area contributed by atoms with Crippen LogP contribution in [0.1, 0.15) is 45.1 Å². The fourth-order valence-electron chi connectivity index (χ4n) is 2.26. The lowest BCUT2D eigenvalue weighted by atomic mass is 10.0. The average Bonchev–Trinajstić information content (AvgIpc) is 2.43. The van der Waals surface area contributed by atoms with Crippen LogP contribution >= 0.6 is 0 Å². The van der Waals surface area contributed by atoms with Crippen molar-refractivity contribution in [1.82, 2.24) is 5.32 Å². The highest BCUT2D eigenvalue weighted by Crippen LogP contribution is 2.08. The van der Waals surface area contributed by atoms with Crippen LogP contribution in [0.15, 0.2) is 30.3 Å². The molecular formula is C16H27NO. The molecule has 0 spiro atoms. The largest absolute Gasteiger partial charge is 0.395 e. The summed E-state index contributed by atoms with van der Waals surface area (Å²) >= 11 is 0. The summed E-state index contributed by atoms with van der Waals surface area (Å²) in [4.78, 5) is 0. The molecule has 18 heavy (non-hydrogen) atoms. The van der Waals surface area contributed by atoms with Crippen LogP contribution in [0.25, 0.3) is 0 Å². The first-order chi connectivity index (χ1) is 8.80. The first-order valence-electron chi connectivity index (χ1n) is 7.21. The van der Waals surface area contributed by atoms with Crippen LogP contribution in [-0.4, -0.2) is 23.8 Å². The number of nitrogens with one attached hydrogen (secondary N) is 1. The van der Waals surface area contributed by atoms with Gasteiger partial charge >= 0.3 is 0 Å². The summed E-state index contributed by atoms with van der Waals surface area (Å²) < 4.78 is 0. The van der Waals surface area contributed by atoms with E-state index in [0.29, 0.717) is 6.04 Å². The second-order valence-corrected chi connectivity index (χ2v) is 4.98. The van der Waals surface area contributed by atoms with Crippen LogP contribution in [0.3, 0.4) is 0 Å². The Morgan fingerprint density at radius 3 is 2.39 bits per heavy atom. The molecular weight excluding hydrogens is 222 g/mol. The van der Waals surface area contributed by atoms with E-state index in [0.717, 1.165) is 12.8 Å². The predicted octanol–water partition coefficient (Wildman–Crippen LogP) is 3.15. The summed E-state index contributed by atoms with van der Waals surface area (Å²) in [6, 6.07) is 11.1. The standard InChI is InChI=1S/C16H27NO/c1-3-5-11-15(4-2)17-16(13-18)12-14-9-7-6-8-10-14/h6-10,15-18H,3-5,11-13H2,1-2H3/t15?,16-/m0/s1. The van der Waals surface area contributed by atoms with Gasteiger partial charge in [-0.25, -0.2) is 0 Å². The van der Waals surface area contributed by atoms with E-state index in [1.54, 1.807) is 0 Å². The molecule has 0 aliphatic rings. The molecule has 1 aromatic rings. The van der Waals surface area contributed by atoms with Gasteiger partial charge in [0.15, 0.2) is 0 Å². The molecule has 2 heteroatoms. The molecule has 1 aromatic carbocycles. The second kappa shape index (κ2) is 9.12. The topological polar surface area (TPSA) is 32.3 Å². The molecule has 0 radical (unpaired) electrons. The summed E-state index contributed by atoms with van der Waals surface area (Å²) in [6.07, 6.45) is 5.74. The molecule has 0 aliphatic carbocycles. The maximum Gasteiger partial charge on any atom is 0.0587 e. The third kappa shape index (κ3) is 5.65. The Morgan fingerprint density at radius 1 is 1.11 bits per heavy atom. The van der Waals surface area contributed by atoms with Gasteiger partial charge in [0.2, 0.25) is 0 Å². The molecule has 0 aromatic heterocycles. The molecule has 2 nitrogen and oxygen atoms in total. The molecule has 2 N–H and O–H groups in total. The van der Waals surface area contributed by atoms with Crippen molar-refractivity contribution in [2.24, 2.45) is 0 Å². The summed E-state index contributed by atoms with van der Waals surface area (Å²) in [5, 5.41) is 13.1. The highest BCUT2D eigenvalue weighted by Gasteiger charge is 2.13. The van der Waals surface area contributed by atoms with Crippen molar-refractivity contribution >= 4 is 0 Å². The van der Waals surface area contributed by atoms with Gasteiger partial charge in [0.25, 0.3) is 0 Å². The maximum atomic E-state index is 9.49. The van der Waals surface area contributed by atoms with Gasteiger partial charge in [0.1, 0.15) is 0 Å². The zero-order valence-electron chi connectivity index (χ0n) is 11.7. The van der Waals surface area contributed by atoms with Crippen molar-refractivity contribution in [3.63, 3.8) is 0 Å². The van der Waals surface area contributed by atoms with Crippen LogP contribution < -0.4 is 5.32 Å². The lowest BCUT2D eigenvalue weighted by molar-refractivity contribution is 0.225. The number of unbranched alkanes of at least 4 members (excludes halogenated alkanes) is 1. The molecule has 0 aliphatic heterocycles. The van der Waals surface area contributed by atoms with Gasteiger partial charge in [-0.05, 0) is 24.8 Å². The summed E-state index contributed by atoms with van der Waals surface area (Å²) in [5.41, 5.74) is 1.29. The van der Waals surface area contributed by atoms with E-state index in [9.17, 15) is 5.11 Å². The van der Waals surface area contributed by atoms with Gasteiger partial charge in [0.05, 0.1) is 6.61 Å². The van der Waals surface area contributed by atoms with Crippen molar-refractivity contribution in [2.75, 3.05) is 6.61 Å². The monoisotopic (exact) mass is 249 g/mol. The zero-order valence-corrected chi connectivity index (χ0v) is 11.7. The van der Waals surface area contributed by atoms with Crippen LogP contribution in [0.5, 0.6) is 0 Å². The van der Waals surface area contributed by atoms with E-state index in [4.69, 9.17) is 0 Å². The minimum absolute atomic E-state index is 0.175. The van der Waals surface area contributed by atoms with Crippen LogP contribution in [0.4, 0.5) is 0 Å². The van der Waals surface area contributed by atoms with E-state index < -0.39 is 0 Å². The van der Waals surface area contributed by atoms with Crippen LogP contribution in [0.2, 0.25) is 0 Å². The number of aliphatic hydroxyl groups excluding tert-OH is 1. The number of rotatable bonds is 9. The third-order valence-corrected chi connectivity index (χ3v) is 3.42. The zero-order chi connectivity index (χ0) is 13.2. The molecule has 0 saturated heterocycles. The van der Waals surface area contributed by atoms with Crippen molar-refractivity contribution in [3.05, 3.63) is 35.9 Å². The van der Waals surface area contributed by atoms with Crippen molar-refractivity contribution in [1.29, 1.82) is 0 Å². The Hall–Kier alpha value is -0.860.